The Morgan fingerprint density at radius 2 is 1.42 bits per heavy atom. The van der Waals surface area contributed by atoms with Crippen LogP contribution in [-0.4, -0.2) is 122 Å². The predicted octanol–water partition coefficient (Wildman–Crippen LogP) is -1.68. The molecule has 2 saturated heterocycles. The van der Waals surface area contributed by atoms with Crippen LogP contribution in [0.3, 0.4) is 0 Å². The van der Waals surface area contributed by atoms with E-state index >= 15 is 0 Å². The average Bonchev–Trinajstić information content (AvgIpc) is 2.76. The van der Waals surface area contributed by atoms with E-state index in [4.69, 9.17) is 9.47 Å². The third kappa shape index (κ3) is 7.04. The second-order valence-electron chi connectivity index (χ2n) is 8.72. The van der Waals surface area contributed by atoms with E-state index in [1.807, 2.05) is 4.90 Å². The molecule has 2 heterocycles. The lowest BCUT2D eigenvalue weighted by molar-refractivity contribution is -0.325. The van der Waals surface area contributed by atoms with Crippen molar-refractivity contribution in [1.82, 2.24) is 4.90 Å². The minimum Gasteiger partial charge on any atom is -0.395 e. The molecule has 2 fully saturated rings. The maximum Gasteiger partial charge on any atom is 0.187 e. The topological polar surface area (TPSA) is 163 Å². The molecule has 31 heavy (non-hydrogen) atoms. The third-order valence-electron chi connectivity index (χ3n) is 6.40. The van der Waals surface area contributed by atoms with Gasteiger partial charge in [-0.05, 0) is 13.0 Å². The molecule has 184 valence electrons. The van der Waals surface area contributed by atoms with Crippen LogP contribution >= 0.6 is 0 Å². The van der Waals surface area contributed by atoms with Gasteiger partial charge in [-0.15, -0.1) is 0 Å². The fourth-order valence-corrected chi connectivity index (χ4v) is 4.37. The van der Waals surface area contributed by atoms with Crippen molar-refractivity contribution in [3.63, 3.8) is 0 Å². The Morgan fingerprint density at radius 1 is 0.774 bits per heavy atom. The Hall–Kier alpha value is -0.400. The summed E-state index contributed by atoms with van der Waals surface area (Å²) in [5, 5.41) is 70.1. The number of aliphatic hydroxyl groups is 7. The minimum absolute atomic E-state index is 0.189. The number of aliphatic hydroxyl groups excluding tert-OH is 7. The summed E-state index contributed by atoms with van der Waals surface area (Å²) in [7, 11) is 0. The van der Waals surface area contributed by atoms with Crippen LogP contribution in [0.5, 0.6) is 0 Å². The van der Waals surface area contributed by atoms with Crippen molar-refractivity contribution in [2.24, 2.45) is 0 Å². The van der Waals surface area contributed by atoms with E-state index in [0.717, 1.165) is 19.3 Å². The highest BCUT2D eigenvalue weighted by Gasteiger charge is 2.48. The van der Waals surface area contributed by atoms with Gasteiger partial charge >= 0.3 is 0 Å². The molecular formula is C21H41NO9. The van der Waals surface area contributed by atoms with Gasteiger partial charge in [0, 0.05) is 6.54 Å². The first-order chi connectivity index (χ1) is 14.8. The van der Waals surface area contributed by atoms with E-state index < -0.39 is 61.7 Å². The summed E-state index contributed by atoms with van der Waals surface area (Å²) in [5.41, 5.74) is 0. The SMILES string of the molecule is CCCCCCCCCN1C[C@H](O[C@H]2O[C@H](CO)[C@H](O)[C@H](O)[C@H]2O)[C@@H](O)[C@H](O)[C@H]1CO. The molecule has 9 atom stereocenters. The fraction of sp³-hybridized carbons (Fsp3) is 1.00. The van der Waals surface area contributed by atoms with E-state index in [9.17, 15) is 35.7 Å². The van der Waals surface area contributed by atoms with Crippen molar-refractivity contribution >= 4 is 0 Å². The van der Waals surface area contributed by atoms with Crippen LogP contribution in [0.2, 0.25) is 0 Å². The summed E-state index contributed by atoms with van der Waals surface area (Å²) in [6, 6.07) is -0.634. The highest BCUT2D eigenvalue weighted by atomic mass is 16.7. The van der Waals surface area contributed by atoms with Gasteiger partial charge in [-0.1, -0.05) is 45.4 Å². The van der Waals surface area contributed by atoms with E-state index in [2.05, 4.69) is 6.92 Å². The van der Waals surface area contributed by atoms with Crippen LogP contribution in [0.15, 0.2) is 0 Å². The molecule has 2 rings (SSSR count). The van der Waals surface area contributed by atoms with Crippen LogP contribution in [0, 0.1) is 0 Å². The van der Waals surface area contributed by atoms with Gasteiger partial charge in [-0.3, -0.25) is 4.90 Å². The summed E-state index contributed by atoms with van der Waals surface area (Å²) in [6.45, 7) is 2.07. The number of rotatable bonds is 12. The van der Waals surface area contributed by atoms with E-state index in [1.165, 1.54) is 25.7 Å². The Kier molecular flexibility index (Phi) is 11.6. The molecule has 0 aromatic heterocycles. The van der Waals surface area contributed by atoms with Gasteiger partial charge in [0.2, 0.25) is 0 Å². The maximum absolute atomic E-state index is 10.5. The standard InChI is InChI=1S/C21H41NO9/c1-2-3-4-5-6-7-8-9-22-10-14(17(26)16(25)13(22)11-23)30-21-20(29)19(28)18(27)15(12-24)31-21/h13-21,23-29H,2-12H2,1H3/t13-,14+,15-,16-,17-,18+,19+,20-,21+/m1/s1. The van der Waals surface area contributed by atoms with E-state index in [1.54, 1.807) is 0 Å². The molecule has 2 aliphatic rings. The molecule has 0 aliphatic carbocycles. The average molecular weight is 452 g/mol. The minimum atomic E-state index is -1.59. The zero-order chi connectivity index (χ0) is 23.0. The zero-order valence-electron chi connectivity index (χ0n) is 18.4. The van der Waals surface area contributed by atoms with Gasteiger partial charge in [0.25, 0.3) is 0 Å². The molecule has 7 N–H and O–H groups in total. The molecule has 10 nitrogen and oxygen atoms in total. The van der Waals surface area contributed by atoms with Crippen LogP contribution < -0.4 is 0 Å². The number of likely N-dealkylation sites (tertiary alicyclic amines) is 1. The Balaban J connectivity index is 1.93. The van der Waals surface area contributed by atoms with Gasteiger partial charge < -0.3 is 45.2 Å². The van der Waals surface area contributed by atoms with Crippen molar-refractivity contribution in [3.8, 4) is 0 Å². The molecule has 0 radical (unpaired) electrons. The molecule has 0 aromatic rings. The lowest BCUT2D eigenvalue weighted by Gasteiger charge is -2.47. The number of hydrogen-bond acceptors (Lipinski definition) is 10. The second kappa shape index (κ2) is 13.3. The normalized spacial score (nSPS) is 39.7. The van der Waals surface area contributed by atoms with Crippen LogP contribution in [0.25, 0.3) is 0 Å². The molecule has 0 spiro atoms. The molecule has 0 bridgehead atoms. The summed E-state index contributed by atoms with van der Waals surface area (Å²) >= 11 is 0. The zero-order valence-corrected chi connectivity index (χ0v) is 18.4. The first-order valence-electron chi connectivity index (χ1n) is 11.5. The van der Waals surface area contributed by atoms with Crippen molar-refractivity contribution in [3.05, 3.63) is 0 Å². The Labute approximate surface area is 184 Å². The first kappa shape index (κ1) is 26.8. The van der Waals surface area contributed by atoms with Crippen molar-refractivity contribution < 1.29 is 45.2 Å². The second-order valence-corrected chi connectivity index (χ2v) is 8.72. The van der Waals surface area contributed by atoms with Gasteiger partial charge in [0.05, 0.1) is 19.3 Å². The summed E-state index contributed by atoms with van der Waals surface area (Å²) in [4.78, 5) is 1.86. The van der Waals surface area contributed by atoms with Crippen LogP contribution in [0.1, 0.15) is 51.9 Å². The number of piperidine rings is 1. The van der Waals surface area contributed by atoms with Crippen molar-refractivity contribution in [1.29, 1.82) is 0 Å². The molecular weight excluding hydrogens is 410 g/mol. The van der Waals surface area contributed by atoms with Gasteiger partial charge in [0.1, 0.15) is 42.7 Å². The number of unbranched alkanes of at least 4 members (excludes halogenated alkanes) is 6. The monoisotopic (exact) mass is 451 g/mol. The summed E-state index contributed by atoms with van der Waals surface area (Å²) < 4.78 is 11.0. The quantitative estimate of drug-likeness (QED) is 0.171. The molecule has 0 saturated carbocycles. The lowest BCUT2D eigenvalue weighted by Crippen LogP contribution is -2.66. The van der Waals surface area contributed by atoms with Gasteiger partial charge in [-0.25, -0.2) is 0 Å². The van der Waals surface area contributed by atoms with E-state index in [0.29, 0.717) is 6.54 Å². The number of nitrogens with zero attached hydrogens (tertiary/aromatic N) is 1. The molecule has 2 aliphatic heterocycles. The summed E-state index contributed by atoms with van der Waals surface area (Å²) in [6.07, 6.45) is -2.91. The number of ether oxygens (including phenoxy) is 2. The highest BCUT2D eigenvalue weighted by molar-refractivity contribution is 4.96. The predicted molar refractivity (Wildman–Crippen MR) is 111 cm³/mol. The Bertz CT molecular complexity index is 497. The maximum atomic E-state index is 10.5. The van der Waals surface area contributed by atoms with Gasteiger partial charge in [-0.2, -0.15) is 0 Å². The lowest BCUT2D eigenvalue weighted by atomic mass is 9.93. The Morgan fingerprint density at radius 3 is 2.03 bits per heavy atom. The highest BCUT2D eigenvalue weighted by Crippen LogP contribution is 2.27. The van der Waals surface area contributed by atoms with Crippen molar-refractivity contribution in [2.75, 3.05) is 26.3 Å². The first-order valence-corrected chi connectivity index (χ1v) is 11.5. The van der Waals surface area contributed by atoms with E-state index in [-0.39, 0.29) is 13.2 Å². The van der Waals surface area contributed by atoms with Gasteiger partial charge in [0.15, 0.2) is 6.29 Å². The molecule has 10 heteroatoms. The van der Waals surface area contributed by atoms with Crippen LogP contribution in [-0.2, 0) is 9.47 Å². The number of hydrogen-bond donors (Lipinski definition) is 7. The smallest absolute Gasteiger partial charge is 0.187 e. The largest absolute Gasteiger partial charge is 0.395 e. The molecule has 0 aromatic carbocycles. The molecule has 0 unspecified atom stereocenters. The van der Waals surface area contributed by atoms with Crippen LogP contribution in [0.4, 0.5) is 0 Å². The fourth-order valence-electron chi connectivity index (χ4n) is 4.37. The molecule has 0 amide bonds. The van der Waals surface area contributed by atoms with Crippen molar-refractivity contribution in [2.45, 2.75) is 107 Å². The third-order valence-corrected chi connectivity index (χ3v) is 6.40. The summed E-state index contributed by atoms with van der Waals surface area (Å²) in [5.74, 6) is 0.